The van der Waals surface area contributed by atoms with Gasteiger partial charge in [-0.15, -0.1) is 10.2 Å². The van der Waals surface area contributed by atoms with Crippen LogP contribution in [0, 0.1) is 0 Å². The molecular weight excluding hydrogens is 498 g/mol. The zero-order valence-corrected chi connectivity index (χ0v) is 21.2. The first kappa shape index (κ1) is 25.1. The molecule has 3 atom stereocenters. The fourth-order valence-corrected chi connectivity index (χ4v) is 5.04. The monoisotopic (exact) mass is 523 g/mol. The summed E-state index contributed by atoms with van der Waals surface area (Å²) in [6.07, 6.45) is 4.44. The second kappa shape index (κ2) is 10.3. The molecule has 12 nitrogen and oxygen atoms in total. The zero-order valence-electron chi connectivity index (χ0n) is 19.7. The van der Waals surface area contributed by atoms with E-state index in [1.165, 1.54) is 12.4 Å². The lowest BCUT2D eigenvalue weighted by molar-refractivity contribution is 0.124. The van der Waals surface area contributed by atoms with E-state index in [1.807, 2.05) is 6.92 Å². The van der Waals surface area contributed by atoms with E-state index >= 15 is 0 Å². The lowest BCUT2D eigenvalue weighted by Crippen LogP contribution is -2.32. The summed E-state index contributed by atoms with van der Waals surface area (Å²) in [6.45, 7) is 5.96. The quantitative estimate of drug-likeness (QED) is 0.444. The van der Waals surface area contributed by atoms with Crippen molar-refractivity contribution in [2.45, 2.75) is 38.0 Å². The summed E-state index contributed by atoms with van der Waals surface area (Å²) >= 11 is 5.86. The molecule has 0 bridgehead atoms. The predicted molar refractivity (Wildman–Crippen MR) is 128 cm³/mol. The number of hydrogen-bond acceptors (Lipinski definition) is 10. The van der Waals surface area contributed by atoms with Gasteiger partial charge in [-0.1, -0.05) is 18.5 Å². The number of methoxy groups -OCH3 is 1. The fourth-order valence-electron chi connectivity index (χ4n) is 3.70. The van der Waals surface area contributed by atoms with Crippen LogP contribution in [0.3, 0.4) is 0 Å². The van der Waals surface area contributed by atoms with Gasteiger partial charge < -0.3 is 14.2 Å². The summed E-state index contributed by atoms with van der Waals surface area (Å²) in [5.41, 5.74) is 0.580. The first-order valence-electron chi connectivity index (χ1n) is 10.9. The molecule has 0 saturated carbocycles. The minimum atomic E-state index is -3.92. The second-order valence-electron chi connectivity index (χ2n) is 7.96. The number of aromatic nitrogens is 6. The van der Waals surface area contributed by atoms with E-state index in [-0.39, 0.29) is 19.2 Å². The maximum atomic E-state index is 13.3. The van der Waals surface area contributed by atoms with Crippen LogP contribution in [0.25, 0.3) is 11.4 Å². The van der Waals surface area contributed by atoms with E-state index in [4.69, 9.17) is 25.8 Å². The van der Waals surface area contributed by atoms with Gasteiger partial charge in [-0.05, 0) is 19.9 Å². The minimum Gasteiger partial charge on any atom is -0.485 e. The number of fused-ring (bicyclic) bond motifs is 3. The zero-order chi connectivity index (χ0) is 25.2. The maximum absolute atomic E-state index is 13.3. The average molecular weight is 524 g/mol. The van der Waals surface area contributed by atoms with Crippen LogP contribution in [-0.4, -0.2) is 70.3 Å². The Morgan fingerprint density at radius 2 is 2.00 bits per heavy atom. The topological polar surface area (TPSA) is 143 Å². The van der Waals surface area contributed by atoms with Gasteiger partial charge in [0.2, 0.25) is 16.0 Å². The Bertz CT molecular complexity index is 1290. The van der Waals surface area contributed by atoms with E-state index < -0.39 is 27.2 Å². The van der Waals surface area contributed by atoms with Crippen molar-refractivity contribution in [2.24, 2.45) is 0 Å². The van der Waals surface area contributed by atoms with Crippen molar-refractivity contribution in [1.82, 2.24) is 29.7 Å². The highest BCUT2D eigenvalue weighted by molar-refractivity contribution is 7.93. The molecule has 1 N–H and O–H groups in total. The van der Waals surface area contributed by atoms with Crippen LogP contribution in [0.15, 0.2) is 24.7 Å². The molecule has 14 heteroatoms. The first-order valence-corrected chi connectivity index (χ1v) is 12.9. The van der Waals surface area contributed by atoms with Gasteiger partial charge in [0.1, 0.15) is 12.4 Å². The van der Waals surface area contributed by atoms with Crippen molar-refractivity contribution in [3.63, 3.8) is 0 Å². The standard InChI is InChI=1S/C21H26ClN7O5S/c1-5-33-20-17-16(6-7-23-20)19-26-27-21(29(19)15(10-32-4)11-34-17)28-35(30,31)13(3)12(2)18-24-8-14(22)9-25-18/h6-9,12-13,15H,5,10-11H2,1-4H3,(H,27,28)/t12-,13-,15-/m0/s1. The van der Waals surface area contributed by atoms with Crippen LogP contribution >= 0.6 is 11.6 Å². The Kier molecular flexibility index (Phi) is 7.38. The maximum Gasteiger partial charge on any atom is 0.257 e. The molecule has 4 heterocycles. The normalized spacial score (nSPS) is 16.9. The van der Waals surface area contributed by atoms with Gasteiger partial charge in [0.15, 0.2) is 11.6 Å². The van der Waals surface area contributed by atoms with Gasteiger partial charge in [-0.25, -0.2) is 23.4 Å². The Balaban J connectivity index is 1.70. The van der Waals surface area contributed by atoms with Crippen LogP contribution in [0.4, 0.5) is 5.95 Å². The van der Waals surface area contributed by atoms with Crippen molar-refractivity contribution in [3.8, 4) is 23.0 Å². The SMILES string of the molecule is CCOc1nccc2c1OC[C@H](COC)n1c(NS(=O)(=O)[C@@H](C)[C@H](C)c3ncc(Cl)cn3)nnc1-2. The van der Waals surface area contributed by atoms with E-state index in [0.717, 1.165) is 0 Å². The van der Waals surface area contributed by atoms with E-state index in [0.29, 0.717) is 40.5 Å². The third-order valence-corrected chi connectivity index (χ3v) is 7.76. The molecule has 4 rings (SSSR count). The number of nitrogens with zero attached hydrogens (tertiary/aromatic N) is 6. The number of anilines is 1. The fraction of sp³-hybridized carbons (Fsp3) is 0.476. The summed E-state index contributed by atoms with van der Waals surface area (Å²) in [4.78, 5) is 12.6. The summed E-state index contributed by atoms with van der Waals surface area (Å²) in [5, 5.41) is 7.92. The molecular formula is C21H26ClN7O5S. The van der Waals surface area contributed by atoms with Crippen molar-refractivity contribution in [1.29, 1.82) is 0 Å². The van der Waals surface area contributed by atoms with Crippen LogP contribution in [0.1, 0.15) is 38.6 Å². The molecule has 0 aromatic carbocycles. The Morgan fingerprint density at radius 3 is 2.69 bits per heavy atom. The third kappa shape index (κ3) is 5.02. The third-order valence-electron chi connectivity index (χ3n) is 5.71. The molecule has 1 aliphatic rings. The molecule has 0 spiro atoms. The number of ether oxygens (including phenoxy) is 3. The summed E-state index contributed by atoms with van der Waals surface area (Å²) in [7, 11) is -2.37. The van der Waals surface area contributed by atoms with Gasteiger partial charge >= 0.3 is 0 Å². The van der Waals surface area contributed by atoms with Crippen molar-refractivity contribution < 1.29 is 22.6 Å². The first-order chi connectivity index (χ1) is 16.8. The van der Waals surface area contributed by atoms with Crippen molar-refractivity contribution >= 4 is 27.6 Å². The van der Waals surface area contributed by atoms with Gasteiger partial charge in [0.05, 0.1) is 35.1 Å². The average Bonchev–Trinajstić information content (AvgIpc) is 3.16. The van der Waals surface area contributed by atoms with Crippen LogP contribution in [0.5, 0.6) is 11.6 Å². The van der Waals surface area contributed by atoms with Crippen LogP contribution in [0.2, 0.25) is 5.02 Å². The smallest absolute Gasteiger partial charge is 0.257 e. The van der Waals surface area contributed by atoms with Crippen molar-refractivity contribution in [2.75, 3.05) is 31.7 Å². The van der Waals surface area contributed by atoms with Gasteiger partial charge in [-0.3, -0.25) is 9.29 Å². The van der Waals surface area contributed by atoms with Crippen LogP contribution < -0.4 is 14.2 Å². The number of hydrogen-bond donors (Lipinski definition) is 1. The molecule has 3 aromatic heterocycles. The summed E-state index contributed by atoms with van der Waals surface area (Å²) in [6, 6.07) is 1.30. The van der Waals surface area contributed by atoms with Crippen LogP contribution in [-0.2, 0) is 14.8 Å². The molecule has 35 heavy (non-hydrogen) atoms. The molecule has 3 aromatic rings. The molecule has 1 aliphatic heterocycles. The van der Waals surface area contributed by atoms with Gasteiger partial charge in [0.25, 0.3) is 5.88 Å². The molecule has 188 valence electrons. The van der Waals surface area contributed by atoms with E-state index in [2.05, 4.69) is 29.9 Å². The van der Waals surface area contributed by atoms with Gasteiger partial charge in [-0.2, -0.15) is 0 Å². The Morgan fingerprint density at radius 1 is 1.26 bits per heavy atom. The summed E-state index contributed by atoms with van der Waals surface area (Å²) < 4.78 is 47.9. The lowest BCUT2D eigenvalue weighted by Gasteiger charge is -2.22. The van der Waals surface area contributed by atoms with E-state index in [1.54, 1.807) is 37.8 Å². The molecule has 0 radical (unpaired) electrons. The summed E-state index contributed by atoms with van der Waals surface area (Å²) in [5.74, 6) is 1.03. The molecule has 0 aliphatic carbocycles. The van der Waals surface area contributed by atoms with E-state index in [9.17, 15) is 8.42 Å². The molecule has 0 saturated heterocycles. The lowest BCUT2D eigenvalue weighted by atomic mass is 10.1. The number of nitrogens with one attached hydrogen (secondary N) is 1. The van der Waals surface area contributed by atoms with Gasteiger partial charge in [0, 0.05) is 31.6 Å². The molecule has 0 amide bonds. The van der Waals surface area contributed by atoms with Crippen molar-refractivity contribution in [3.05, 3.63) is 35.5 Å². The largest absolute Gasteiger partial charge is 0.485 e. The highest BCUT2D eigenvalue weighted by Crippen LogP contribution is 2.41. The number of rotatable bonds is 9. The highest BCUT2D eigenvalue weighted by atomic mass is 35.5. The number of pyridine rings is 1. The number of halogens is 1. The molecule has 0 fully saturated rings. The second-order valence-corrected chi connectivity index (χ2v) is 10.4. The Labute approximate surface area is 208 Å². The Hall–Kier alpha value is -3.03. The predicted octanol–water partition coefficient (Wildman–Crippen LogP) is 2.70. The minimum absolute atomic E-state index is 0.0457. The number of sulfonamides is 1. The highest BCUT2D eigenvalue weighted by Gasteiger charge is 2.34. The molecule has 0 unspecified atom stereocenters.